The summed E-state index contributed by atoms with van der Waals surface area (Å²) < 4.78 is 19.4. The van der Waals surface area contributed by atoms with E-state index in [1.807, 2.05) is 0 Å². The molecule has 5 nitrogen and oxygen atoms in total. The van der Waals surface area contributed by atoms with Gasteiger partial charge >= 0.3 is 5.97 Å². The Hall–Kier alpha value is -1.95. The van der Waals surface area contributed by atoms with Crippen LogP contribution in [0, 0.1) is 5.82 Å². The summed E-state index contributed by atoms with van der Waals surface area (Å²) in [5.41, 5.74) is 0.128. The van der Waals surface area contributed by atoms with Gasteiger partial charge in [0.25, 0.3) is 0 Å². The van der Waals surface area contributed by atoms with Crippen LogP contribution in [0.15, 0.2) is 18.3 Å². The average Bonchev–Trinajstić information content (AvgIpc) is 2.58. The van der Waals surface area contributed by atoms with Crippen molar-refractivity contribution in [2.24, 2.45) is 0 Å². The first kappa shape index (κ1) is 10.6. The van der Waals surface area contributed by atoms with Gasteiger partial charge in [0.1, 0.15) is 5.69 Å². The highest BCUT2D eigenvalue weighted by Gasteiger charge is 2.19. The second-order valence-electron chi connectivity index (χ2n) is 3.20. The Morgan fingerprint density at radius 2 is 2.44 bits per heavy atom. The van der Waals surface area contributed by atoms with Gasteiger partial charge in [-0.25, -0.2) is 14.2 Å². The molecule has 0 radical (unpaired) electrons. The molecule has 84 valence electrons. The molecule has 0 fully saturated rings. The Morgan fingerprint density at radius 1 is 1.69 bits per heavy atom. The van der Waals surface area contributed by atoms with E-state index < -0.39 is 11.8 Å². The van der Waals surface area contributed by atoms with Crippen molar-refractivity contribution < 1.29 is 19.0 Å². The van der Waals surface area contributed by atoms with Crippen molar-refractivity contribution >= 4 is 11.6 Å². The number of aromatic carboxylic acids is 1. The van der Waals surface area contributed by atoms with Gasteiger partial charge in [0.05, 0.1) is 6.61 Å². The lowest BCUT2D eigenvalue weighted by Gasteiger charge is -1.98. The zero-order valence-electron chi connectivity index (χ0n) is 8.48. The van der Waals surface area contributed by atoms with E-state index in [-0.39, 0.29) is 23.6 Å². The molecule has 2 aromatic rings. The number of hydrogen-bond donors (Lipinski definition) is 1. The van der Waals surface area contributed by atoms with E-state index >= 15 is 0 Å². The molecule has 0 aliphatic heterocycles. The molecule has 0 bridgehead atoms. The number of halogens is 1. The smallest absolute Gasteiger partial charge is 0.354 e. The van der Waals surface area contributed by atoms with Gasteiger partial charge < -0.3 is 9.84 Å². The number of nitrogens with zero attached hydrogens (tertiary/aromatic N) is 2. The van der Waals surface area contributed by atoms with Crippen LogP contribution in [0.1, 0.15) is 16.2 Å². The molecule has 0 aromatic carbocycles. The van der Waals surface area contributed by atoms with Gasteiger partial charge in [-0.15, -0.1) is 0 Å². The summed E-state index contributed by atoms with van der Waals surface area (Å²) in [5.74, 6) is -1.72. The summed E-state index contributed by atoms with van der Waals surface area (Å²) in [6, 6.07) is 2.65. The highest BCUT2D eigenvalue weighted by atomic mass is 19.1. The van der Waals surface area contributed by atoms with Crippen LogP contribution in [0.2, 0.25) is 0 Å². The van der Waals surface area contributed by atoms with Crippen molar-refractivity contribution in [1.82, 2.24) is 9.38 Å². The van der Waals surface area contributed by atoms with Crippen LogP contribution in [-0.2, 0) is 11.3 Å². The number of fused-ring (bicyclic) bond motifs is 1. The summed E-state index contributed by atoms with van der Waals surface area (Å²) in [7, 11) is 1.42. The number of aromatic nitrogens is 2. The fourth-order valence-corrected chi connectivity index (χ4v) is 1.55. The molecule has 0 saturated heterocycles. The second kappa shape index (κ2) is 3.90. The van der Waals surface area contributed by atoms with Gasteiger partial charge in [0, 0.05) is 13.3 Å². The third-order valence-electron chi connectivity index (χ3n) is 2.16. The highest BCUT2D eigenvalue weighted by Crippen LogP contribution is 2.16. The van der Waals surface area contributed by atoms with Crippen LogP contribution in [-0.4, -0.2) is 27.6 Å². The van der Waals surface area contributed by atoms with Crippen molar-refractivity contribution in [3.05, 3.63) is 35.5 Å². The van der Waals surface area contributed by atoms with E-state index in [0.29, 0.717) is 0 Å². The van der Waals surface area contributed by atoms with Crippen molar-refractivity contribution in [2.45, 2.75) is 6.61 Å². The molecule has 0 aliphatic carbocycles. The Labute approximate surface area is 90.1 Å². The summed E-state index contributed by atoms with van der Waals surface area (Å²) in [5, 5.41) is 9.03. The minimum atomic E-state index is -1.16. The molecule has 0 amide bonds. The summed E-state index contributed by atoms with van der Waals surface area (Å²) >= 11 is 0. The minimum Gasteiger partial charge on any atom is -0.477 e. The molecule has 2 rings (SSSR count). The molecule has 6 heteroatoms. The van der Waals surface area contributed by atoms with Crippen LogP contribution in [0.3, 0.4) is 0 Å². The van der Waals surface area contributed by atoms with E-state index in [1.54, 1.807) is 0 Å². The number of pyridine rings is 1. The van der Waals surface area contributed by atoms with Crippen molar-refractivity contribution in [1.29, 1.82) is 0 Å². The van der Waals surface area contributed by atoms with Gasteiger partial charge in [-0.05, 0) is 12.1 Å². The Bertz CT molecular complexity index is 550. The first-order chi connectivity index (χ1) is 7.65. The Kier molecular flexibility index (Phi) is 2.57. The number of carboxylic acids is 1. The van der Waals surface area contributed by atoms with E-state index in [0.717, 1.165) is 0 Å². The summed E-state index contributed by atoms with van der Waals surface area (Å²) in [6.07, 6.45) is 1.45. The number of carbonyl (C=O) groups is 1. The highest BCUT2D eigenvalue weighted by molar-refractivity contribution is 5.88. The topological polar surface area (TPSA) is 63.8 Å². The Morgan fingerprint density at radius 3 is 3.06 bits per heavy atom. The van der Waals surface area contributed by atoms with E-state index in [2.05, 4.69) is 4.98 Å². The van der Waals surface area contributed by atoms with Crippen molar-refractivity contribution in [3.8, 4) is 0 Å². The number of methoxy groups -OCH3 is 1. The van der Waals surface area contributed by atoms with E-state index in [4.69, 9.17) is 9.84 Å². The van der Waals surface area contributed by atoms with Gasteiger partial charge in [0.15, 0.2) is 17.2 Å². The largest absolute Gasteiger partial charge is 0.477 e. The van der Waals surface area contributed by atoms with Gasteiger partial charge in [-0.3, -0.25) is 4.40 Å². The van der Waals surface area contributed by atoms with Gasteiger partial charge in [0.2, 0.25) is 0 Å². The third kappa shape index (κ3) is 1.53. The maximum Gasteiger partial charge on any atom is 0.354 e. The minimum absolute atomic E-state index is 0.00745. The standard InChI is InChI=1S/C10H9FN2O3/c1-16-5-7-8(10(14)15)13-4-2-3-6(11)9(13)12-7/h2-4H,5H2,1H3,(H,14,15). The maximum atomic E-state index is 13.4. The molecule has 0 spiro atoms. The molecule has 0 aliphatic rings. The lowest BCUT2D eigenvalue weighted by atomic mass is 10.3. The quantitative estimate of drug-likeness (QED) is 0.853. The number of carboxylic acid groups (broad SMARTS) is 1. The second-order valence-corrected chi connectivity index (χ2v) is 3.20. The van der Waals surface area contributed by atoms with Crippen molar-refractivity contribution in [2.75, 3.05) is 7.11 Å². The zero-order chi connectivity index (χ0) is 11.7. The van der Waals surface area contributed by atoms with Gasteiger partial charge in [-0.2, -0.15) is 0 Å². The molecule has 1 N–H and O–H groups in total. The van der Waals surface area contributed by atoms with Crippen LogP contribution in [0.4, 0.5) is 4.39 Å². The monoisotopic (exact) mass is 224 g/mol. The predicted molar refractivity (Wildman–Crippen MR) is 52.8 cm³/mol. The van der Waals surface area contributed by atoms with Crippen LogP contribution >= 0.6 is 0 Å². The normalized spacial score (nSPS) is 10.9. The molecule has 0 atom stereocenters. The molecule has 0 saturated carbocycles. The molecule has 16 heavy (non-hydrogen) atoms. The SMILES string of the molecule is COCc1nc2c(F)cccn2c1C(=O)O. The molecule has 2 heterocycles. The number of ether oxygens (including phenoxy) is 1. The first-order valence-corrected chi connectivity index (χ1v) is 4.53. The van der Waals surface area contributed by atoms with Gasteiger partial charge in [-0.1, -0.05) is 0 Å². The van der Waals surface area contributed by atoms with Crippen LogP contribution in [0.5, 0.6) is 0 Å². The van der Waals surface area contributed by atoms with E-state index in [1.165, 1.54) is 29.8 Å². The third-order valence-corrected chi connectivity index (χ3v) is 2.16. The molecule has 0 unspecified atom stereocenters. The Balaban J connectivity index is 2.75. The molecule has 2 aromatic heterocycles. The first-order valence-electron chi connectivity index (χ1n) is 4.53. The number of rotatable bonds is 3. The fourth-order valence-electron chi connectivity index (χ4n) is 1.55. The van der Waals surface area contributed by atoms with Crippen molar-refractivity contribution in [3.63, 3.8) is 0 Å². The fraction of sp³-hybridized carbons (Fsp3) is 0.200. The lowest BCUT2D eigenvalue weighted by Crippen LogP contribution is -2.06. The maximum absolute atomic E-state index is 13.4. The average molecular weight is 224 g/mol. The van der Waals surface area contributed by atoms with Crippen LogP contribution < -0.4 is 0 Å². The lowest BCUT2D eigenvalue weighted by molar-refractivity contribution is 0.0683. The number of imidazole rings is 1. The summed E-state index contributed by atoms with van der Waals surface area (Å²) in [6.45, 7) is 0.0305. The molecular formula is C10H9FN2O3. The summed E-state index contributed by atoms with van der Waals surface area (Å²) in [4.78, 5) is 14.9. The molecular weight excluding hydrogens is 215 g/mol. The number of hydrogen-bond acceptors (Lipinski definition) is 3. The van der Waals surface area contributed by atoms with E-state index in [9.17, 15) is 9.18 Å². The zero-order valence-corrected chi connectivity index (χ0v) is 8.48. The predicted octanol–water partition coefficient (Wildman–Crippen LogP) is 1.32. The van der Waals surface area contributed by atoms with Crippen LogP contribution in [0.25, 0.3) is 5.65 Å².